The number of furan rings is 1. The molecule has 118 valence electrons. The Kier molecular flexibility index (Phi) is 5.78. The molecule has 0 bridgehead atoms. The molecule has 0 aliphatic carbocycles. The Morgan fingerprint density at radius 2 is 1.91 bits per heavy atom. The number of anilines is 1. The van der Waals surface area contributed by atoms with E-state index in [1.54, 1.807) is 6.26 Å². The summed E-state index contributed by atoms with van der Waals surface area (Å²) in [5.41, 5.74) is 2.12. The molecule has 2 atom stereocenters. The summed E-state index contributed by atoms with van der Waals surface area (Å²) in [7, 11) is 0. The molecular formula is C18H24N2O2. The molecule has 2 aromatic rings. The fourth-order valence-corrected chi connectivity index (χ4v) is 2.22. The van der Waals surface area contributed by atoms with Gasteiger partial charge in [0.2, 0.25) is 5.91 Å². The Bertz CT molecular complexity index is 576. The van der Waals surface area contributed by atoms with Crippen LogP contribution in [0, 0.1) is 0 Å². The maximum Gasteiger partial charge on any atom is 0.238 e. The van der Waals surface area contributed by atoms with Crippen LogP contribution in [-0.4, -0.2) is 12.5 Å². The number of rotatable bonds is 7. The van der Waals surface area contributed by atoms with Crippen molar-refractivity contribution in [1.29, 1.82) is 0 Å². The fraction of sp³-hybridized carbons (Fsp3) is 0.389. The van der Waals surface area contributed by atoms with E-state index in [4.69, 9.17) is 4.42 Å². The van der Waals surface area contributed by atoms with Gasteiger partial charge in [-0.3, -0.25) is 10.1 Å². The SMILES string of the molecule is CC[C@H](C)c1ccc(NC(=O)CN[C@H](C)c2ccco2)cc1. The highest BCUT2D eigenvalue weighted by Crippen LogP contribution is 2.20. The van der Waals surface area contributed by atoms with Crippen LogP contribution in [0.3, 0.4) is 0 Å². The average Bonchev–Trinajstić information content (AvgIpc) is 3.07. The van der Waals surface area contributed by atoms with Gasteiger partial charge in [-0.2, -0.15) is 0 Å². The molecular weight excluding hydrogens is 276 g/mol. The molecule has 0 saturated carbocycles. The lowest BCUT2D eigenvalue weighted by Gasteiger charge is -2.12. The number of carbonyl (C=O) groups is 1. The van der Waals surface area contributed by atoms with Gasteiger partial charge in [0, 0.05) is 5.69 Å². The number of nitrogens with one attached hydrogen (secondary N) is 2. The van der Waals surface area contributed by atoms with E-state index in [9.17, 15) is 4.79 Å². The zero-order chi connectivity index (χ0) is 15.9. The summed E-state index contributed by atoms with van der Waals surface area (Å²) in [6, 6.07) is 11.8. The quantitative estimate of drug-likeness (QED) is 0.810. The lowest BCUT2D eigenvalue weighted by molar-refractivity contribution is -0.115. The van der Waals surface area contributed by atoms with Gasteiger partial charge in [0.15, 0.2) is 0 Å². The summed E-state index contributed by atoms with van der Waals surface area (Å²) in [5.74, 6) is 1.31. The lowest BCUT2D eigenvalue weighted by Crippen LogP contribution is -2.29. The second-order valence-electron chi connectivity index (χ2n) is 5.60. The highest BCUT2D eigenvalue weighted by molar-refractivity contribution is 5.92. The Labute approximate surface area is 131 Å². The van der Waals surface area contributed by atoms with E-state index in [-0.39, 0.29) is 18.5 Å². The van der Waals surface area contributed by atoms with Crippen molar-refractivity contribution >= 4 is 11.6 Å². The van der Waals surface area contributed by atoms with Gasteiger partial charge < -0.3 is 9.73 Å². The zero-order valence-electron chi connectivity index (χ0n) is 13.4. The minimum absolute atomic E-state index is 0.00790. The van der Waals surface area contributed by atoms with Crippen LogP contribution in [0.4, 0.5) is 5.69 Å². The highest BCUT2D eigenvalue weighted by atomic mass is 16.3. The molecule has 0 fully saturated rings. The van der Waals surface area contributed by atoms with Crippen LogP contribution in [-0.2, 0) is 4.79 Å². The van der Waals surface area contributed by atoms with Gasteiger partial charge in [-0.1, -0.05) is 26.0 Å². The van der Waals surface area contributed by atoms with Gasteiger partial charge in [0.1, 0.15) is 5.76 Å². The summed E-state index contributed by atoms with van der Waals surface area (Å²) >= 11 is 0. The predicted octanol–water partition coefficient (Wildman–Crippen LogP) is 4.08. The van der Waals surface area contributed by atoms with E-state index < -0.39 is 0 Å². The molecule has 1 heterocycles. The largest absolute Gasteiger partial charge is 0.468 e. The fourth-order valence-electron chi connectivity index (χ4n) is 2.22. The van der Waals surface area contributed by atoms with Crippen LogP contribution in [0.25, 0.3) is 0 Å². The molecule has 0 aliphatic rings. The third-order valence-electron chi connectivity index (χ3n) is 3.91. The summed E-state index contributed by atoms with van der Waals surface area (Å²) in [5, 5.41) is 6.03. The summed E-state index contributed by atoms with van der Waals surface area (Å²) in [4.78, 5) is 12.0. The van der Waals surface area contributed by atoms with Crippen LogP contribution < -0.4 is 10.6 Å². The van der Waals surface area contributed by atoms with E-state index in [0.29, 0.717) is 5.92 Å². The summed E-state index contributed by atoms with van der Waals surface area (Å²) in [6.07, 6.45) is 2.74. The number of benzene rings is 1. The number of carbonyl (C=O) groups excluding carboxylic acids is 1. The van der Waals surface area contributed by atoms with Gasteiger partial charge in [0.05, 0.1) is 18.8 Å². The second kappa shape index (κ2) is 7.80. The van der Waals surface area contributed by atoms with Crippen LogP contribution >= 0.6 is 0 Å². The maximum atomic E-state index is 12.0. The molecule has 0 spiro atoms. The van der Waals surface area contributed by atoms with Crippen LogP contribution in [0.1, 0.15) is 50.5 Å². The van der Waals surface area contributed by atoms with Gasteiger partial charge in [-0.15, -0.1) is 0 Å². The van der Waals surface area contributed by atoms with Crippen molar-refractivity contribution in [1.82, 2.24) is 5.32 Å². The van der Waals surface area contributed by atoms with E-state index in [0.717, 1.165) is 17.9 Å². The van der Waals surface area contributed by atoms with Gasteiger partial charge >= 0.3 is 0 Å². The first kappa shape index (κ1) is 16.3. The first-order valence-corrected chi connectivity index (χ1v) is 7.76. The number of hydrogen-bond acceptors (Lipinski definition) is 3. The number of amides is 1. The van der Waals surface area contributed by atoms with E-state index >= 15 is 0 Å². The van der Waals surface area contributed by atoms with Crippen LogP contribution in [0.2, 0.25) is 0 Å². The number of hydrogen-bond donors (Lipinski definition) is 2. The Morgan fingerprint density at radius 3 is 2.50 bits per heavy atom. The minimum Gasteiger partial charge on any atom is -0.468 e. The molecule has 22 heavy (non-hydrogen) atoms. The van der Waals surface area contributed by atoms with E-state index in [1.807, 2.05) is 31.2 Å². The molecule has 4 nitrogen and oxygen atoms in total. The lowest BCUT2D eigenvalue weighted by atomic mass is 9.99. The first-order chi connectivity index (χ1) is 10.6. The molecule has 2 N–H and O–H groups in total. The van der Waals surface area contributed by atoms with E-state index in [1.165, 1.54) is 5.56 Å². The average molecular weight is 300 g/mol. The topological polar surface area (TPSA) is 54.3 Å². The minimum atomic E-state index is -0.0605. The molecule has 0 unspecified atom stereocenters. The molecule has 1 amide bonds. The normalized spacial score (nSPS) is 13.6. The van der Waals surface area contributed by atoms with Crippen molar-refractivity contribution in [3.63, 3.8) is 0 Å². The van der Waals surface area contributed by atoms with Crippen molar-refractivity contribution in [3.05, 3.63) is 54.0 Å². The molecule has 0 aliphatic heterocycles. The van der Waals surface area contributed by atoms with Crippen molar-refractivity contribution < 1.29 is 9.21 Å². The second-order valence-corrected chi connectivity index (χ2v) is 5.60. The van der Waals surface area contributed by atoms with E-state index in [2.05, 4.69) is 36.6 Å². The Hall–Kier alpha value is -2.07. The molecule has 0 saturated heterocycles. The van der Waals surface area contributed by atoms with Crippen LogP contribution in [0.5, 0.6) is 0 Å². The van der Waals surface area contributed by atoms with Gasteiger partial charge in [-0.25, -0.2) is 0 Å². The van der Waals surface area contributed by atoms with Crippen molar-refractivity contribution in [2.45, 2.75) is 39.2 Å². The zero-order valence-corrected chi connectivity index (χ0v) is 13.4. The standard InChI is InChI=1S/C18H24N2O2/c1-4-13(2)15-7-9-16(10-8-15)20-18(21)12-19-14(3)17-6-5-11-22-17/h5-11,13-14,19H,4,12H2,1-3H3,(H,20,21)/t13-,14+/m0/s1. The smallest absolute Gasteiger partial charge is 0.238 e. The molecule has 1 aromatic heterocycles. The Morgan fingerprint density at radius 1 is 1.18 bits per heavy atom. The van der Waals surface area contributed by atoms with Crippen molar-refractivity contribution in [3.8, 4) is 0 Å². The van der Waals surface area contributed by atoms with Crippen molar-refractivity contribution in [2.24, 2.45) is 0 Å². The van der Waals surface area contributed by atoms with Gasteiger partial charge in [0.25, 0.3) is 0 Å². The highest BCUT2D eigenvalue weighted by Gasteiger charge is 2.10. The van der Waals surface area contributed by atoms with Crippen LogP contribution in [0.15, 0.2) is 47.1 Å². The molecule has 0 radical (unpaired) electrons. The third kappa shape index (κ3) is 4.46. The molecule has 1 aromatic carbocycles. The first-order valence-electron chi connectivity index (χ1n) is 7.76. The van der Waals surface area contributed by atoms with Crippen molar-refractivity contribution in [2.75, 3.05) is 11.9 Å². The molecule has 4 heteroatoms. The maximum absolute atomic E-state index is 12.0. The summed E-state index contributed by atoms with van der Waals surface area (Å²) in [6.45, 7) is 6.59. The third-order valence-corrected chi connectivity index (χ3v) is 3.91. The van der Waals surface area contributed by atoms with Gasteiger partial charge in [-0.05, 0) is 49.1 Å². The predicted molar refractivity (Wildman–Crippen MR) is 88.9 cm³/mol. The molecule has 2 rings (SSSR count). The Balaban J connectivity index is 1.81. The summed E-state index contributed by atoms with van der Waals surface area (Å²) < 4.78 is 5.30. The monoisotopic (exact) mass is 300 g/mol.